The number of benzene rings is 2. The molecule has 2 aromatic rings. The third kappa shape index (κ3) is 4.30. The van der Waals surface area contributed by atoms with Gasteiger partial charge in [0, 0.05) is 29.8 Å². The smallest absolute Gasteiger partial charge is 0.272 e. The quantitative estimate of drug-likeness (QED) is 0.633. The Morgan fingerprint density at radius 3 is 2.40 bits per heavy atom. The molecule has 0 saturated carbocycles. The third-order valence-corrected chi connectivity index (χ3v) is 3.50. The van der Waals surface area contributed by atoms with Gasteiger partial charge in [0.05, 0.1) is 16.2 Å². The molecule has 0 saturated heterocycles. The highest BCUT2D eigenvalue weighted by Gasteiger charge is 2.22. The van der Waals surface area contributed by atoms with Gasteiger partial charge < -0.3 is 10.6 Å². The van der Waals surface area contributed by atoms with Gasteiger partial charge in [-0.2, -0.15) is 0 Å². The lowest BCUT2D eigenvalue weighted by atomic mass is 10.1. The van der Waals surface area contributed by atoms with Gasteiger partial charge in [-0.3, -0.25) is 19.7 Å². The van der Waals surface area contributed by atoms with Gasteiger partial charge in [-0.05, 0) is 30.7 Å². The van der Waals surface area contributed by atoms with Crippen molar-refractivity contribution in [2.75, 3.05) is 10.6 Å². The van der Waals surface area contributed by atoms with Crippen molar-refractivity contribution in [1.29, 1.82) is 0 Å². The zero-order valence-electron chi connectivity index (χ0n) is 13.2. The summed E-state index contributed by atoms with van der Waals surface area (Å²) < 4.78 is 14.5. The molecule has 0 unspecified atom stereocenters. The topological polar surface area (TPSA) is 101 Å². The lowest BCUT2D eigenvalue weighted by molar-refractivity contribution is -0.384. The lowest BCUT2D eigenvalue weighted by Crippen LogP contribution is -2.17. The zero-order chi connectivity index (χ0) is 18.7. The minimum absolute atomic E-state index is 0.376. The highest BCUT2D eigenvalue weighted by molar-refractivity contribution is 6.30. The van der Waals surface area contributed by atoms with Gasteiger partial charge in [-0.1, -0.05) is 11.6 Å². The van der Waals surface area contributed by atoms with Crippen molar-refractivity contribution in [1.82, 2.24) is 0 Å². The van der Waals surface area contributed by atoms with Crippen LogP contribution in [-0.4, -0.2) is 16.7 Å². The lowest BCUT2D eigenvalue weighted by Gasteiger charge is -2.11. The molecule has 0 heterocycles. The van der Waals surface area contributed by atoms with Crippen LogP contribution in [0.3, 0.4) is 0 Å². The summed E-state index contributed by atoms with van der Waals surface area (Å²) in [7, 11) is 0. The molecule has 7 nitrogen and oxygen atoms in total. The second-order valence-electron chi connectivity index (χ2n) is 5.21. The molecule has 25 heavy (non-hydrogen) atoms. The Hall–Kier alpha value is -3.00. The third-order valence-electron chi connectivity index (χ3n) is 3.26. The molecule has 130 valence electrons. The van der Waals surface area contributed by atoms with Gasteiger partial charge in [0.1, 0.15) is 0 Å². The molecule has 2 rings (SSSR count). The van der Waals surface area contributed by atoms with Crippen LogP contribution < -0.4 is 10.6 Å². The molecule has 0 aromatic heterocycles. The molecule has 2 aromatic carbocycles. The highest BCUT2D eigenvalue weighted by Crippen LogP contribution is 2.27. The summed E-state index contributed by atoms with van der Waals surface area (Å²) in [5.41, 5.74) is -0.523. The average Bonchev–Trinajstić information content (AvgIpc) is 2.51. The van der Waals surface area contributed by atoms with Gasteiger partial charge in [0.25, 0.3) is 11.6 Å². The molecule has 0 aliphatic carbocycles. The summed E-state index contributed by atoms with van der Waals surface area (Å²) in [6.07, 6.45) is 0. The summed E-state index contributed by atoms with van der Waals surface area (Å²) in [6.45, 7) is 2.81. The van der Waals surface area contributed by atoms with E-state index >= 15 is 0 Å². The molecule has 0 fully saturated rings. The Bertz CT molecular complexity index is 886. The number of carbonyl (C=O) groups is 2. The average molecular weight is 366 g/mol. The second-order valence-corrected chi connectivity index (χ2v) is 5.64. The van der Waals surface area contributed by atoms with Crippen LogP contribution in [0.5, 0.6) is 0 Å². The van der Waals surface area contributed by atoms with E-state index in [0.29, 0.717) is 16.3 Å². The Kier molecular flexibility index (Phi) is 5.33. The number of aryl methyl sites for hydroxylation is 1. The van der Waals surface area contributed by atoms with E-state index in [1.807, 2.05) is 0 Å². The number of hydrogen-bond donors (Lipinski definition) is 2. The molecule has 2 amide bonds. The number of anilines is 2. The largest absolute Gasteiger partial charge is 0.324 e. The molecular weight excluding hydrogens is 353 g/mol. The molecule has 2 N–H and O–H groups in total. The molecule has 0 atom stereocenters. The fourth-order valence-electron chi connectivity index (χ4n) is 2.12. The van der Waals surface area contributed by atoms with E-state index in [1.54, 1.807) is 13.0 Å². The first-order chi connectivity index (χ1) is 11.7. The number of amides is 2. The molecule has 0 bridgehead atoms. The number of carbonyl (C=O) groups excluding carboxylic acids is 2. The van der Waals surface area contributed by atoms with Crippen molar-refractivity contribution in [3.63, 3.8) is 0 Å². The van der Waals surface area contributed by atoms with Crippen LogP contribution in [-0.2, 0) is 4.79 Å². The minimum atomic E-state index is -1.06. The fraction of sp³-hybridized carbons (Fsp3) is 0.125. The molecule has 9 heteroatoms. The molecule has 0 aliphatic heterocycles. The molecule has 0 radical (unpaired) electrons. The van der Waals surface area contributed by atoms with Crippen molar-refractivity contribution in [3.8, 4) is 0 Å². The molecule has 0 spiro atoms. The summed E-state index contributed by atoms with van der Waals surface area (Å²) in [4.78, 5) is 33.7. The van der Waals surface area contributed by atoms with Crippen LogP contribution in [0.25, 0.3) is 0 Å². The van der Waals surface area contributed by atoms with Crippen molar-refractivity contribution < 1.29 is 18.9 Å². The van der Waals surface area contributed by atoms with Gasteiger partial charge >= 0.3 is 0 Å². The van der Waals surface area contributed by atoms with E-state index in [4.69, 9.17) is 11.6 Å². The van der Waals surface area contributed by atoms with Crippen LogP contribution in [0.2, 0.25) is 5.02 Å². The van der Waals surface area contributed by atoms with Crippen LogP contribution in [0.1, 0.15) is 22.8 Å². The van der Waals surface area contributed by atoms with E-state index in [1.165, 1.54) is 12.1 Å². The maximum Gasteiger partial charge on any atom is 0.272 e. The SMILES string of the molecule is CC(=O)Nc1cc([N+](=O)[O-])cc(C(=O)Nc2ccc(Cl)cc2C)c1F. The Labute approximate surface area is 146 Å². The van der Waals surface area contributed by atoms with Crippen LogP contribution in [0.15, 0.2) is 30.3 Å². The number of rotatable bonds is 4. The number of halogens is 2. The van der Waals surface area contributed by atoms with Crippen LogP contribution in [0, 0.1) is 22.9 Å². The maximum atomic E-state index is 14.5. The van der Waals surface area contributed by atoms with Crippen molar-refractivity contribution in [2.45, 2.75) is 13.8 Å². The number of nitro benzene ring substituents is 1. The fourth-order valence-corrected chi connectivity index (χ4v) is 2.34. The normalized spacial score (nSPS) is 10.2. The Morgan fingerprint density at radius 1 is 1.16 bits per heavy atom. The van der Waals surface area contributed by atoms with E-state index < -0.39 is 39.5 Å². The standard InChI is InChI=1S/C16H13ClFN3O4/c1-8-5-10(17)3-4-13(8)20-16(23)12-6-11(21(24)25)7-14(15(12)18)19-9(2)22/h3-7H,1-2H3,(H,19,22)(H,20,23). The number of nitrogens with one attached hydrogen (secondary N) is 2. The minimum Gasteiger partial charge on any atom is -0.324 e. The summed E-state index contributed by atoms with van der Waals surface area (Å²) in [5.74, 6) is -2.58. The number of nitrogens with zero attached hydrogens (tertiary/aromatic N) is 1. The summed E-state index contributed by atoms with van der Waals surface area (Å²) in [6, 6.07) is 6.32. The summed E-state index contributed by atoms with van der Waals surface area (Å²) >= 11 is 5.83. The van der Waals surface area contributed by atoms with E-state index in [0.717, 1.165) is 19.1 Å². The van der Waals surface area contributed by atoms with Gasteiger partial charge in [-0.15, -0.1) is 0 Å². The molecular formula is C16H13ClFN3O4. The van der Waals surface area contributed by atoms with Gasteiger partial charge in [0.15, 0.2) is 5.82 Å². The second kappa shape index (κ2) is 7.27. The first-order valence-corrected chi connectivity index (χ1v) is 7.40. The van der Waals surface area contributed by atoms with E-state index in [2.05, 4.69) is 10.6 Å². The highest BCUT2D eigenvalue weighted by atomic mass is 35.5. The van der Waals surface area contributed by atoms with Crippen LogP contribution >= 0.6 is 11.6 Å². The number of non-ortho nitro benzene ring substituents is 1. The van der Waals surface area contributed by atoms with Crippen molar-refractivity contribution in [3.05, 3.63) is 62.4 Å². The van der Waals surface area contributed by atoms with Crippen molar-refractivity contribution in [2.24, 2.45) is 0 Å². The predicted octanol–water partition coefficient (Wildman–Crippen LogP) is 3.91. The van der Waals surface area contributed by atoms with E-state index in [9.17, 15) is 24.1 Å². The summed E-state index contributed by atoms with van der Waals surface area (Å²) in [5, 5.41) is 16.1. The number of nitro groups is 1. The predicted molar refractivity (Wildman–Crippen MR) is 91.5 cm³/mol. The van der Waals surface area contributed by atoms with E-state index in [-0.39, 0.29) is 0 Å². The van der Waals surface area contributed by atoms with Gasteiger partial charge in [0.2, 0.25) is 5.91 Å². The van der Waals surface area contributed by atoms with Crippen LogP contribution in [0.4, 0.5) is 21.5 Å². The van der Waals surface area contributed by atoms with Crippen molar-refractivity contribution >= 4 is 40.5 Å². The first-order valence-electron chi connectivity index (χ1n) is 7.02. The Morgan fingerprint density at radius 2 is 1.84 bits per heavy atom. The number of hydrogen-bond acceptors (Lipinski definition) is 4. The Balaban J connectivity index is 2.45. The maximum absolute atomic E-state index is 14.5. The molecule has 0 aliphatic rings. The first kappa shape index (κ1) is 18.3. The van der Waals surface area contributed by atoms with Gasteiger partial charge in [-0.25, -0.2) is 4.39 Å². The monoisotopic (exact) mass is 365 g/mol. The zero-order valence-corrected chi connectivity index (χ0v) is 14.0.